The van der Waals surface area contributed by atoms with Crippen LogP contribution < -0.4 is 15.0 Å². The number of aromatic nitrogens is 2. The van der Waals surface area contributed by atoms with Crippen LogP contribution in [-0.4, -0.2) is 41.7 Å². The third-order valence-electron chi connectivity index (χ3n) is 4.92. The number of hydrogen-bond acceptors (Lipinski definition) is 5. The first-order valence-corrected chi connectivity index (χ1v) is 10.3. The zero-order valence-corrected chi connectivity index (χ0v) is 18.0. The highest BCUT2D eigenvalue weighted by atomic mass is 19.1. The monoisotopic (exact) mass is 433 g/mol. The number of nitrogens with zero attached hydrogens (tertiary/aromatic N) is 3. The van der Waals surface area contributed by atoms with Gasteiger partial charge in [0, 0.05) is 35.9 Å². The van der Waals surface area contributed by atoms with Crippen LogP contribution in [0, 0.1) is 5.82 Å². The van der Waals surface area contributed by atoms with E-state index < -0.39 is 0 Å². The molecule has 32 heavy (non-hydrogen) atoms. The summed E-state index contributed by atoms with van der Waals surface area (Å²) in [7, 11) is 3.98. The number of ether oxygens (including phenoxy) is 2. The van der Waals surface area contributed by atoms with Crippen molar-refractivity contribution >= 4 is 10.9 Å². The Morgan fingerprint density at radius 2 is 1.78 bits per heavy atom. The van der Waals surface area contributed by atoms with Gasteiger partial charge in [-0.3, -0.25) is 9.36 Å². The molecule has 0 saturated heterocycles. The molecule has 0 aliphatic rings. The molecule has 2 aromatic heterocycles. The van der Waals surface area contributed by atoms with E-state index in [0.29, 0.717) is 18.2 Å². The maximum atomic E-state index is 13.0. The number of benzene rings is 2. The standard InChI is InChI=1S/C25H24FN3O3/c1-28(2)13-14-31-24-10-5-19-15-21(8-9-23(19)27-24)29-12-11-22(16-25(29)30)32-17-18-3-6-20(26)7-4-18/h3-12,15-16H,13-14,17H2,1-2H3. The third kappa shape index (κ3) is 5.31. The smallest absolute Gasteiger partial charge is 0.258 e. The first-order chi connectivity index (χ1) is 15.5. The predicted octanol–water partition coefficient (Wildman–Crippen LogP) is 4.04. The van der Waals surface area contributed by atoms with Crippen LogP contribution >= 0.6 is 0 Å². The van der Waals surface area contributed by atoms with Crippen molar-refractivity contribution in [1.82, 2.24) is 14.5 Å². The topological polar surface area (TPSA) is 56.6 Å². The maximum absolute atomic E-state index is 13.0. The van der Waals surface area contributed by atoms with Gasteiger partial charge in [-0.2, -0.15) is 0 Å². The van der Waals surface area contributed by atoms with E-state index in [9.17, 15) is 9.18 Å². The number of fused-ring (bicyclic) bond motifs is 1. The summed E-state index contributed by atoms with van der Waals surface area (Å²) in [6, 6.07) is 18.6. The molecule has 4 rings (SSSR count). The molecule has 0 fully saturated rings. The highest BCUT2D eigenvalue weighted by Gasteiger charge is 2.06. The van der Waals surface area contributed by atoms with Gasteiger partial charge < -0.3 is 14.4 Å². The minimum Gasteiger partial charge on any atom is -0.489 e. The Morgan fingerprint density at radius 1 is 0.969 bits per heavy atom. The molecule has 7 heteroatoms. The lowest BCUT2D eigenvalue weighted by molar-refractivity contribution is 0.254. The normalized spacial score (nSPS) is 11.1. The Bertz CT molecular complexity index is 1270. The Kier molecular flexibility index (Phi) is 6.47. The van der Waals surface area contributed by atoms with Crippen molar-refractivity contribution in [3.63, 3.8) is 0 Å². The van der Waals surface area contributed by atoms with Crippen molar-refractivity contribution in [1.29, 1.82) is 0 Å². The molecular weight excluding hydrogens is 409 g/mol. The van der Waals surface area contributed by atoms with Crippen LogP contribution in [-0.2, 0) is 6.61 Å². The average molecular weight is 433 g/mol. The van der Waals surface area contributed by atoms with Gasteiger partial charge in [-0.15, -0.1) is 0 Å². The van der Waals surface area contributed by atoms with Gasteiger partial charge in [0.15, 0.2) is 0 Å². The minimum absolute atomic E-state index is 0.211. The van der Waals surface area contributed by atoms with E-state index in [4.69, 9.17) is 9.47 Å². The summed E-state index contributed by atoms with van der Waals surface area (Å²) in [5.41, 5.74) is 2.14. The van der Waals surface area contributed by atoms with Crippen LogP contribution in [0.15, 0.2) is 77.7 Å². The zero-order chi connectivity index (χ0) is 22.5. The molecule has 6 nitrogen and oxygen atoms in total. The third-order valence-corrected chi connectivity index (χ3v) is 4.92. The van der Waals surface area contributed by atoms with Crippen molar-refractivity contribution in [3.8, 4) is 17.3 Å². The summed E-state index contributed by atoms with van der Waals surface area (Å²) in [6.45, 7) is 1.63. The van der Waals surface area contributed by atoms with E-state index >= 15 is 0 Å². The molecule has 0 atom stereocenters. The molecule has 0 unspecified atom stereocenters. The Labute approximate surface area is 185 Å². The molecule has 164 valence electrons. The van der Waals surface area contributed by atoms with Gasteiger partial charge in [0.1, 0.15) is 24.8 Å². The Hall–Kier alpha value is -3.71. The fourth-order valence-corrected chi connectivity index (χ4v) is 3.17. The molecule has 2 aromatic carbocycles. The molecular formula is C25H24FN3O3. The van der Waals surface area contributed by atoms with Crippen LogP contribution in [0.3, 0.4) is 0 Å². The second-order valence-electron chi connectivity index (χ2n) is 7.66. The summed E-state index contributed by atoms with van der Waals surface area (Å²) >= 11 is 0. The highest BCUT2D eigenvalue weighted by Crippen LogP contribution is 2.20. The van der Waals surface area contributed by atoms with Crippen molar-refractivity contribution in [2.75, 3.05) is 27.2 Å². The number of pyridine rings is 2. The summed E-state index contributed by atoms with van der Waals surface area (Å²) in [6.07, 6.45) is 1.68. The fraction of sp³-hybridized carbons (Fsp3) is 0.200. The zero-order valence-electron chi connectivity index (χ0n) is 18.0. The molecule has 0 aliphatic heterocycles. The Balaban J connectivity index is 1.48. The van der Waals surface area contributed by atoms with Crippen LogP contribution in [0.5, 0.6) is 11.6 Å². The fourth-order valence-electron chi connectivity index (χ4n) is 3.17. The number of halogens is 1. The number of hydrogen-bond donors (Lipinski definition) is 0. The van der Waals surface area contributed by atoms with E-state index in [1.165, 1.54) is 18.2 Å². The second-order valence-corrected chi connectivity index (χ2v) is 7.66. The Morgan fingerprint density at radius 3 is 2.53 bits per heavy atom. The maximum Gasteiger partial charge on any atom is 0.258 e. The summed E-state index contributed by atoms with van der Waals surface area (Å²) in [5, 5.41) is 0.908. The van der Waals surface area contributed by atoms with Gasteiger partial charge in [0.05, 0.1) is 5.52 Å². The second kappa shape index (κ2) is 9.62. The van der Waals surface area contributed by atoms with Crippen molar-refractivity contribution < 1.29 is 13.9 Å². The van der Waals surface area contributed by atoms with Crippen LogP contribution in [0.4, 0.5) is 4.39 Å². The molecule has 0 radical (unpaired) electrons. The molecule has 0 amide bonds. The molecule has 2 heterocycles. The van der Waals surface area contributed by atoms with Crippen molar-refractivity contribution in [3.05, 3.63) is 94.7 Å². The largest absolute Gasteiger partial charge is 0.489 e. The van der Waals surface area contributed by atoms with Gasteiger partial charge in [-0.1, -0.05) is 12.1 Å². The molecule has 0 saturated carbocycles. The van der Waals surface area contributed by atoms with Gasteiger partial charge in [0.25, 0.3) is 5.56 Å². The van der Waals surface area contributed by atoms with E-state index in [0.717, 1.165) is 28.7 Å². The van der Waals surface area contributed by atoms with Crippen LogP contribution in [0.1, 0.15) is 5.56 Å². The summed E-state index contributed by atoms with van der Waals surface area (Å²) in [5.74, 6) is 0.736. The van der Waals surface area contributed by atoms with Gasteiger partial charge >= 0.3 is 0 Å². The predicted molar refractivity (Wildman–Crippen MR) is 122 cm³/mol. The minimum atomic E-state index is -0.296. The van der Waals surface area contributed by atoms with Crippen molar-refractivity contribution in [2.24, 2.45) is 0 Å². The quantitative estimate of drug-likeness (QED) is 0.420. The highest BCUT2D eigenvalue weighted by molar-refractivity contribution is 5.81. The van der Waals surface area contributed by atoms with Crippen LogP contribution in [0.25, 0.3) is 16.6 Å². The molecule has 4 aromatic rings. The first-order valence-electron chi connectivity index (χ1n) is 10.3. The first kappa shape index (κ1) is 21.5. The lowest BCUT2D eigenvalue weighted by atomic mass is 10.2. The summed E-state index contributed by atoms with van der Waals surface area (Å²) in [4.78, 5) is 19.2. The van der Waals surface area contributed by atoms with E-state index in [1.54, 1.807) is 29.0 Å². The molecule has 0 N–H and O–H groups in total. The summed E-state index contributed by atoms with van der Waals surface area (Å²) < 4.78 is 25.9. The van der Waals surface area contributed by atoms with Gasteiger partial charge in [-0.05, 0) is 62.1 Å². The lowest BCUT2D eigenvalue weighted by Crippen LogP contribution is -2.19. The van der Waals surface area contributed by atoms with Gasteiger partial charge in [-0.25, -0.2) is 9.37 Å². The SMILES string of the molecule is CN(C)CCOc1ccc2cc(-n3ccc(OCc4ccc(F)cc4)cc3=O)ccc2n1. The van der Waals surface area contributed by atoms with E-state index in [-0.39, 0.29) is 18.0 Å². The van der Waals surface area contributed by atoms with Gasteiger partial charge in [0.2, 0.25) is 5.88 Å². The van der Waals surface area contributed by atoms with E-state index in [2.05, 4.69) is 4.98 Å². The van der Waals surface area contributed by atoms with Crippen LogP contribution in [0.2, 0.25) is 0 Å². The number of rotatable bonds is 8. The van der Waals surface area contributed by atoms with E-state index in [1.807, 2.05) is 49.3 Å². The molecule has 0 aliphatic carbocycles. The molecule has 0 bridgehead atoms. The van der Waals surface area contributed by atoms with Crippen molar-refractivity contribution in [2.45, 2.75) is 6.61 Å². The average Bonchev–Trinajstić information content (AvgIpc) is 2.78. The number of likely N-dealkylation sites (N-methyl/N-ethyl adjacent to an activating group) is 1. The molecule has 0 spiro atoms. The lowest BCUT2D eigenvalue weighted by Gasteiger charge is -2.12.